The Labute approximate surface area is 295 Å². The number of hydrogen-bond acceptors (Lipinski definition) is 9. The number of carbonyl (C=O) groups excluding carboxylic acids is 4. The van der Waals surface area contributed by atoms with Crippen LogP contribution in [0.25, 0.3) is 0 Å². The second kappa shape index (κ2) is 13.0. The van der Waals surface area contributed by atoms with Crippen LogP contribution in [0.3, 0.4) is 0 Å². The van der Waals surface area contributed by atoms with Gasteiger partial charge in [0.1, 0.15) is 29.7 Å². The number of sulfonamides is 1. The van der Waals surface area contributed by atoms with E-state index >= 15 is 4.39 Å². The first kappa shape index (κ1) is 35.0. The van der Waals surface area contributed by atoms with Crippen LogP contribution >= 0.6 is 0 Å². The highest BCUT2D eigenvalue weighted by atomic mass is 32.2. The summed E-state index contributed by atoms with van der Waals surface area (Å²) in [4.78, 5) is 54.1. The van der Waals surface area contributed by atoms with Crippen molar-refractivity contribution in [3.05, 3.63) is 58.9 Å². The summed E-state index contributed by atoms with van der Waals surface area (Å²) in [7, 11) is -3.77. The molecule has 14 nitrogen and oxygen atoms in total. The van der Waals surface area contributed by atoms with Gasteiger partial charge in [0.25, 0.3) is 11.8 Å². The van der Waals surface area contributed by atoms with Crippen molar-refractivity contribution >= 4 is 45.7 Å². The molecule has 272 valence electrons. The van der Waals surface area contributed by atoms with Gasteiger partial charge in [-0.3, -0.25) is 19.3 Å². The van der Waals surface area contributed by atoms with Crippen LogP contribution in [-0.4, -0.2) is 113 Å². The van der Waals surface area contributed by atoms with E-state index in [4.69, 9.17) is 4.74 Å². The van der Waals surface area contributed by atoms with Crippen molar-refractivity contribution in [1.29, 1.82) is 0 Å². The number of aliphatic hydroxyl groups is 1. The third kappa shape index (κ3) is 6.71. The summed E-state index contributed by atoms with van der Waals surface area (Å²) in [6.07, 6.45) is 2.41. The van der Waals surface area contributed by atoms with E-state index in [1.807, 2.05) is 17.2 Å². The molecule has 3 saturated heterocycles. The van der Waals surface area contributed by atoms with Crippen molar-refractivity contribution in [3.8, 4) is 0 Å². The van der Waals surface area contributed by atoms with Crippen LogP contribution in [0.2, 0.25) is 0 Å². The van der Waals surface area contributed by atoms with Gasteiger partial charge in [-0.1, -0.05) is 12.1 Å². The van der Waals surface area contributed by atoms with Crippen molar-refractivity contribution in [2.75, 3.05) is 24.5 Å². The predicted octanol–water partition coefficient (Wildman–Crippen LogP) is 1.94. The fourth-order valence-electron chi connectivity index (χ4n) is 7.68. The molecule has 4 amide bonds. The molecule has 0 spiro atoms. The Balaban J connectivity index is 1.00. The topological polar surface area (TPSA) is 169 Å². The number of nitrogens with zero attached hydrogens (tertiary/aromatic N) is 4. The number of fused-ring (bicyclic) bond motifs is 2. The Morgan fingerprint density at radius 3 is 2.41 bits per heavy atom. The largest absolute Gasteiger partial charge is 0.444 e. The Kier molecular flexibility index (Phi) is 8.91. The van der Waals surface area contributed by atoms with Gasteiger partial charge in [-0.15, -0.1) is 0 Å². The number of carbonyl (C=O) groups is 4. The summed E-state index contributed by atoms with van der Waals surface area (Å²) in [6.45, 7) is 6.86. The molecule has 16 heteroatoms. The molecule has 2 aromatic rings. The summed E-state index contributed by atoms with van der Waals surface area (Å²) < 4.78 is 51.6. The molecule has 3 fully saturated rings. The van der Waals surface area contributed by atoms with Gasteiger partial charge in [0.15, 0.2) is 19.3 Å². The number of nitrogens with one attached hydrogen (secondary N) is 2. The molecule has 6 heterocycles. The number of rotatable bonds is 7. The van der Waals surface area contributed by atoms with Crippen molar-refractivity contribution in [1.82, 2.24) is 19.8 Å². The van der Waals surface area contributed by atoms with E-state index in [0.717, 1.165) is 23.0 Å². The molecule has 4 atom stereocenters. The van der Waals surface area contributed by atoms with Crippen LogP contribution in [0.4, 0.5) is 14.9 Å². The van der Waals surface area contributed by atoms with E-state index in [9.17, 15) is 32.7 Å². The Hall–Kier alpha value is -4.41. The van der Waals surface area contributed by atoms with Crippen molar-refractivity contribution in [3.63, 3.8) is 0 Å². The van der Waals surface area contributed by atoms with Gasteiger partial charge in [0.05, 0.1) is 27.8 Å². The van der Waals surface area contributed by atoms with Crippen LogP contribution in [0.1, 0.15) is 79.2 Å². The maximum atomic E-state index is 15.6. The summed E-state index contributed by atoms with van der Waals surface area (Å²) in [6, 6.07) is 7.79. The second-order valence-electron chi connectivity index (χ2n) is 14.9. The van der Waals surface area contributed by atoms with Crippen LogP contribution in [0.15, 0.2) is 41.3 Å². The van der Waals surface area contributed by atoms with Gasteiger partial charge in [-0.25, -0.2) is 22.2 Å². The van der Waals surface area contributed by atoms with Gasteiger partial charge in [-0.2, -0.15) is 4.31 Å². The molecule has 0 radical (unpaired) electrons. The normalized spacial score (nSPS) is 25.6. The van der Waals surface area contributed by atoms with E-state index in [2.05, 4.69) is 15.2 Å². The predicted molar refractivity (Wildman–Crippen MR) is 181 cm³/mol. The molecule has 3 N–H and O–H groups in total. The number of hydrogen-bond donors (Lipinski definition) is 3. The number of halogens is 1. The van der Waals surface area contributed by atoms with Crippen molar-refractivity contribution < 1.29 is 46.4 Å². The Morgan fingerprint density at radius 1 is 1.06 bits per heavy atom. The molecule has 2 aromatic carbocycles. The third-order valence-electron chi connectivity index (χ3n) is 10.1. The lowest BCUT2D eigenvalue weighted by Crippen LogP contribution is -2.65. The molecule has 4 unspecified atom stereocenters. The Bertz CT molecular complexity index is 1940. The van der Waals surface area contributed by atoms with E-state index in [1.165, 1.54) is 10.4 Å². The van der Waals surface area contributed by atoms with E-state index < -0.39 is 57.5 Å². The van der Waals surface area contributed by atoms with Crippen LogP contribution in [0, 0.1) is 5.82 Å². The first-order chi connectivity index (χ1) is 24.1. The lowest BCUT2D eigenvalue weighted by molar-refractivity contribution is -0.551. The van der Waals surface area contributed by atoms with Gasteiger partial charge in [0.2, 0.25) is 15.9 Å². The van der Waals surface area contributed by atoms with Crippen LogP contribution < -0.4 is 15.5 Å². The zero-order chi connectivity index (χ0) is 36.4. The van der Waals surface area contributed by atoms with Gasteiger partial charge in [-0.05, 0) is 70.7 Å². The number of imide groups is 1. The summed E-state index contributed by atoms with van der Waals surface area (Å²) in [5, 5.41) is 14.9. The van der Waals surface area contributed by atoms with Crippen LogP contribution in [0.5, 0.6) is 0 Å². The molecule has 0 aromatic heterocycles. The standard InChI is InChI=1S/C35H41FN6O8S/c1-35(2,3)50-34(47)37-21-9-11-40(12-10-21)51(48,49)24-6-4-5-20(13-24)17-39-18-22-14-23(19-39)41(22)29-16-26-25(15-27(29)36)32(45)42(33(26)46)28-7-8-30(43)38-31(28)44/h4-6,13,15-16,18,21-23,28,30,43H,7-12,14,17,19H2,1-3H3,(H-,37,38,44,47)/p+1. The Morgan fingerprint density at radius 2 is 1.76 bits per heavy atom. The highest BCUT2D eigenvalue weighted by Gasteiger charge is 2.49. The zero-order valence-electron chi connectivity index (χ0n) is 28.7. The molecule has 6 aliphatic rings. The fraction of sp³-hybridized carbons (Fsp3) is 0.514. The maximum Gasteiger partial charge on any atom is 0.407 e. The highest BCUT2D eigenvalue weighted by Crippen LogP contribution is 2.39. The zero-order valence-corrected chi connectivity index (χ0v) is 29.5. The monoisotopic (exact) mass is 725 g/mol. The minimum atomic E-state index is -3.77. The number of piperidine rings is 2. The van der Waals surface area contributed by atoms with E-state index in [1.54, 1.807) is 39.0 Å². The molecule has 8 rings (SSSR count). The maximum absolute atomic E-state index is 15.6. The van der Waals surface area contributed by atoms with Gasteiger partial charge >= 0.3 is 6.09 Å². The fourth-order valence-corrected chi connectivity index (χ4v) is 9.22. The number of anilines is 1. The quantitative estimate of drug-likeness (QED) is 0.286. The number of ether oxygens (including phenoxy) is 1. The first-order valence-corrected chi connectivity index (χ1v) is 18.7. The third-order valence-corrected chi connectivity index (χ3v) is 12.0. The average Bonchev–Trinajstić information content (AvgIpc) is 3.28. The second-order valence-corrected chi connectivity index (χ2v) is 16.8. The minimum Gasteiger partial charge on any atom is -0.444 e. The molecular weight excluding hydrogens is 683 g/mol. The molecule has 6 aliphatic heterocycles. The number of aliphatic hydroxyl groups excluding tert-OH is 1. The van der Waals surface area contributed by atoms with Crippen LogP contribution in [-0.2, 0) is 26.1 Å². The molecule has 51 heavy (non-hydrogen) atoms. The number of amides is 4. The SMILES string of the molecule is CC(C)(C)OC(=O)NC1CCN(S(=O)(=O)c2cccc(C[N+]3=CC4CC(C3)N4c3cc4c(cc3F)C(=O)N(C3CCC(O)NC3=O)C4=O)c2)CC1. The molecular formula is C35H42FN6O8S+. The summed E-state index contributed by atoms with van der Waals surface area (Å²) >= 11 is 0. The average molecular weight is 726 g/mol. The van der Waals surface area contributed by atoms with E-state index in [-0.39, 0.29) is 65.8 Å². The molecule has 2 bridgehead atoms. The number of alkyl carbamates (subject to hydrolysis) is 1. The van der Waals surface area contributed by atoms with Crippen molar-refractivity contribution in [2.24, 2.45) is 0 Å². The molecule has 0 saturated carbocycles. The molecule has 0 aliphatic carbocycles. The van der Waals surface area contributed by atoms with Gasteiger partial charge < -0.3 is 25.4 Å². The number of benzene rings is 2. The highest BCUT2D eigenvalue weighted by molar-refractivity contribution is 7.89. The summed E-state index contributed by atoms with van der Waals surface area (Å²) in [5.74, 6) is -2.67. The minimum absolute atomic E-state index is 0.0405. The van der Waals surface area contributed by atoms with Gasteiger partial charge in [0, 0.05) is 31.1 Å². The smallest absolute Gasteiger partial charge is 0.407 e. The summed E-state index contributed by atoms with van der Waals surface area (Å²) in [5.41, 5.74) is 0.332. The van der Waals surface area contributed by atoms with E-state index in [0.29, 0.717) is 25.9 Å². The van der Waals surface area contributed by atoms with Crippen molar-refractivity contribution in [2.45, 2.75) is 100 Å². The lowest BCUT2D eigenvalue weighted by atomic mass is 9.88. The first-order valence-electron chi connectivity index (χ1n) is 17.2. The lowest BCUT2D eigenvalue weighted by Gasteiger charge is -2.49.